The molecular weight excluding hydrogens is 248 g/mol. The van der Waals surface area contributed by atoms with E-state index in [9.17, 15) is 4.79 Å². The van der Waals surface area contributed by atoms with Crippen molar-refractivity contribution in [2.75, 3.05) is 0 Å². The molecule has 102 valence electrons. The standard InChI is InChI=1S/C18H18O2/c1-13-17(11-18(13)19)15-7-9-16(10-8-15)20-12-14-5-3-2-4-6-14/h2-10,13,17H,11-12H2,1H3. The Morgan fingerprint density at radius 1 is 1.05 bits per heavy atom. The average Bonchev–Trinajstić information content (AvgIpc) is 2.52. The van der Waals surface area contributed by atoms with Crippen molar-refractivity contribution in [3.63, 3.8) is 0 Å². The summed E-state index contributed by atoms with van der Waals surface area (Å²) in [6.45, 7) is 2.59. The van der Waals surface area contributed by atoms with Gasteiger partial charge in [0.1, 0.15) is 18.1 Å². The van der Waals surface area contributed by atoms with E-state index in [-0.39, 0.29) is 5.92 Å². The number of rotatable bonds is 4. The predicted molar refractivity (Wildman–Crippen MR) is 78.7 cm³/mol. The number of hydrogen-bond acceptors (Lipinski definition) is 2. The smallest absolute Gasteiger partial charge is 0.136 e. The van der Waals surface area contributed by atoms with Crippen LogP contribution in [0.4, 0.5) is 0 Å². The van der Waals surface area contributed by atoms with Gasteiger partial charge in [-0.3, -0.25) is 4.79 Å². The van der Waals surface area contributed by atoms with Crippen LogP contribution in [0.2, 0.25) is 0 Å². The van der Waals surface area contributed by atoms with Crippen molar-refractivity contribution in [1.82, 2.24) is 0 Å². The molecule has 20 heavy (non-hydrogen) atoms. The lowest BCUT2D eigenvalue weighted by atomic mass is 9.70. The topological polar surface area (TPSA) is 26.3 Å². The third kappa shape index (κ3) is 2.60. The van der Waals surface area contributed by atoms with Crippen LogP contribution in [0.15, 0.2) is 54.6 Å². The van der Waals surface area contributed by atoms with Crippen LogP contribution in [0.25, 0.3) is 0 Å². The Hall–Kier alpha value is -2.09. The van der Waals surface area contributed by atoms with Crippen LogP contribution in [0.1, 0.15) is 30.4 Å². The maximum Gasteiger partial charge on any atom is 0.136 e. The van der Waals surface area contributed by atoms with Gasteiger partial charge in [0.2, 0.25) is 0 Å². The molecular formula is C18H18O2. The number of carbonyl (C=O) groups is 1. The quantitative estimate of drug-likeness (QED) is 0.837. The van der Waals surface area contributed by atoms with Crippen molar-refractivity contribution in [3.8, 4) is 5.75 Å². The summed E-state index contributed by atoms with van der Waals surface area (Å²) in [5.41, 5.74) is 2.40. The van der Waals surface area contributed by atoms with E-state index in [1.165, 1.54) is 5.56 Å². The Morgan fingerprint density at radius 3 is 2.35 bits per heavy atom. The Balaban J connectivity index is 1.61. The van der Waals surface area contributed by atoms with Gasteiger partial charge in [-0.25, -0.2) is 0 Å². The summed E-state index contributed by atoms with van der Waals surface area (Å²) in [6.07, 6.45) is 0.686. The molecule has 1 saturated carbocycles. The number of ether oxygens (including phenoxy) is 1. The minimum atomic E-state index is 0.172. The lowest BCUT2D eigenvalue weighted by Gasteiger charge is -2.32. The second-order valence-electron chi connectivity index (χ2n) is 5.41. The molecule has 3 rings (SSSR count). The highest BCUT2D eigenvalue weighted by Crippen LogP contribution is 2.39. The van der Waals surface area contributed by atoms with E-state index in [1.54, 1.807) is 0 Å². The van der Waals surface area contributed by atoms with Crippen LogP contribution in [-0.2, 0) is 11.4 Å². The number of carbonyl (C=O) groups excluding carboxylic acids is 1. The van der Waals surface area contributed by atoms with Gasteiger partial charge in [-0.1, -0.05) is 49.4 Å². The minimum Gasteiger partial charge on any atom is -0.489 e. The maximum absolute atomic E-state index is 11.3. The normalized spacial score (nSPS) is 21.4. The van der Waals surface area contributed by atoms with E-state index in [2.05, 4.69) is 24.3 Å². The summed E-state index contributed by atoms with van der Waals surface area (Å²) in [4.78, 5) is 11.3. The van der Waals surface area contributed by atoms with Crippen molar-refractivity contribution >= 4 is 5.78 Å². The SMILES string of the molecule is CC1C(=O)CC1c1ccc(OCc2ccccc2)cc1. The summed E-state index contributed by atoms with van der Waals surface area (Å²) in [7, 11) is 0. The van der Waals surface area contributed by atoms with Gasteiger partial charge in [-0.05, 0) is 23.3 Å². The molecule has 0 aromatic heterocycles. The molecule has 2 nitrogen and oxygen atoms in total. The van der Waals surface area contributed by atoms with Gasteiger partial charge in [-0.2, -0.15) is 0 Å². The van der Waals surface area contributed by atoms with Crippen LogP contribution in [0.5, 0.6) is 5.75 Å². The monoisotopic (exact) mass is 266 g/mol. The fourth-order valence-electron chi connectivity index (χ4n) is 2.60. The summed E-state index contributed by atoms with van der Waals surface area (Å²) in [6, 6.07) is 18.3. The number of ketones is 1. The first-order chi connectivity index (χ1) is 9.74. The molecule has 2 heteroatoms. The zero-order chi connectivity index (χ0) is 13.9. The van der Waals surface area contributed by atoms with E-state index >= 15 is 0 Å². The molecule has 1 aliphatic rings. The third-order valence-corrected chi connectivity index (χ3v) is 4.09. The molecule has 0 radical (unpaired) electrons. The molecule has 0 N–H and O–H groups in total. The van der Waals surface area contributed by atoms with E-state index in [4.69, 9.17) is 4.74 Å². The first-order valence-corrected chi connectivity index (χ1v) is 7.03. The van der Waals surface area contributed by atoms with Crippen LogP contribution in [-0.4, -0.2) is 5.78 Å². The highest BCUT2D eigenvalue weighted by atomic mass is 16.5. The van der Waals surface area contributed by atoms with E-state index in [0.717, 1.165) is 11.3 Å². The zero-order valence-corrected chi connectivity index (χ0v) is 11.6. The predicted octanol–water partition coefficient (Wildman–Crippen LogP) is 3.96. The van der Waals surface area contributed by atoms with Crippen LogP contribution in [0, 0.1) is 5.92 Å². The second kappa shape index (κ2) is 5.49. The molecule has 2 unspecified atom stereocenters. The van der Waals surface area contributed by atoms with Crippen molar-refractivity contribution in [2.45, 2.75) is 25.9 Å². The van der Waals surface area contributed by atoms with Gasteiger partial charge in [0.25, 0.3) is 0 Å². The first kappa shape index (κ1) is 12.9. The molecule has 1 fully saturated rings. The molecule has 0 amide bonds. The molecule has 2 atom stereocenters. The number of hydrogen-bond donors (Lipinski definition) is 0. The maximum atomic E-state index is 11.3. The Labute approximate surface area is 119 Å². The molecule has 2 aromatic carbocycles. The summed E-state index contributed by atoms with van der Waals surface area (Å²) < 4.78 is 5.76. The van der Waals surface area contributed by atoms with Gasteiger partial charge in [0.05, 0.1) is 0 Å². The molecule has 0 saturated heterocycles. The molecule has 1 aliphatic carbocycles. The molecule has 0 heterocycles. The van der Waals surface area contributed by atoms with Gasteiger partial charge in [0, 0.05) is 18.3 Å². The van der Waals surface area contributed by atoms with Crippen molar-refractivity contribution in [2.24, 2.45) is 5.92 Å². The largest absolute Gasteiger partial charge is 0.489 e. The van der Waals surface area contributed by atoms with Crippen LogP contribution < -0.4 is 4.74 Å². The fourth-order valence-corrected chi connectivity index (χ4v) is 2.60. The molecule has 0 spiro atoms. The summed E-state index contributed by atoms with van der Waals surface area (Å²) >= 11 is 0. The molecule has 2 aromatic rings. The highest BCUT2D eigenvalue weighted by molar-refractivity contribution is 5.88. The lowest BCUT2D eigenvalue weighted by Crippen LogP contribution is -2.32. The highest BCUT2D eigenvalue weighted by Gasteiger charge is 2.36. The third-order valence-electron chi connectivity index (χ3n) is 4.09. The van der Waals surface area contributed by atoms with Gasteiger partial charge < -0.3 is 4.74 Å². The summed E-state index contributed by atoms with van der Waals surface area (Å²) in [5.74, 6) is 1.81. The summed E-state index contributed by atoms with van der Waals surface area (Å²) in [5, 5.41) is 0. The Morgan fingerprint density at radius 2 is 1.75 bits per heavy atom. The van der Waals surface area contributed by atoms with E-state index < -0.39 is 0 Å². The van der Waals surface area contributed by atoms with Crippen molar-refractivity contribution < 1.29 is 9.53 Å². The molecule has 0 bridgehead atoms. The van der Waals surface area contributed by atoms with Crippen molar-refractivity contribution in [3.05, 3.63) is 65.7 Å². The average molecular weight is 266 g/mol. The zero-order valence-electron chi connectivity index (χ0n) is 11.6. The minimum absolute atomic E-state index is 0.172. The van der Waals surface area contributed by atoms with Gasteiger partial charge in [-0.15, -0.1) is 0 Å². The van der Waals surface area contributed by atoms with Gasteiger partial charge in [0.15, 0.2) is 0 Å². The number of benzene rings is 2. The van der Waals surface area contributed by atoms with Crippen molar-refractivity contribution in [1.29, 1.82) is 0 Å². The Kier molecular flexibility index (Phi) is 3.55. The number of Topliss-reactive ketones (excluding diaryl/α,β-unsaturated/α-hetero) is 1. The van der Waals surface area contributed by atoms with Crippen LogP contribution >= 0.6 is 0 Å². The lowest BCUT2D eigenvalue weighted by molar-refractivity contribution is -0.130. The van der Waals surface area contributed by atoms with E-state index in [0.29, 0.717) is 24.7 Å². The fraction of sp³-hybridized carbons (Fsp3) is 0.278. The first-order valence-electron chi connectivity index (χ1n) is 7.03. The van der Waals surface area contributed by atoms with Gasteiger partial charge >= 0.3 is 0 Å². The Bertz CT molecular complexity index is 587. The molecule has 0 aliphatic heterocycles. The second-order valence-corrected chi connectivity index (χ2v) is 5.41. The van der Waals surface area contributed by atoms with E-state index in [1.807, 2.05) is 37.3 Å². The van der Waals surface area contributed by atoms with Crippen LogP contribution in [0.3, 0.4) is 0 Å².